The Hall–Kier alpha value is -1.55. The molecule has 1 amide bonds. The summed E-state index contributed by atoms with van der Waals surface area (Å²) in [6.07, 6.45) is 1.58. The van der Waals surface area contributed by atoms with Gasteiger partial charge in [-0.15, -0.1) is 0 Å². The molecule has 1 fully saturated rings. The Morgan fingerprint density at radius 1 is 1.47 bits per heavy atom. The maximum atomic E-state index is 11.6. The lowest BCUT2D eigenvalue weighted by molar-refractivity contribution is 0.197. The molecule has 0 aromatic heterocycles. The number of ether oxygens (including phenoxy) is 1. The van der Waals surface area contributed by atoms with Crippen LogP contribution >= 0.6 is 0 Å². The Morgan fingerprint density at radius 3 is 2.82 bits per heavy atom. The van der Waals surface area contributed by atoms with Gasteiger partial charge in [0.25, 0.3) is 0 Å². The fraction of sp³-hybridized carbons (Fsp3) is 0.462. The molecule has 1 atom stereocenters. The van der Waals surface area contributed by atoms with Crippen molar-refractivity contribution in [2.75, 3.05) is 13.1 Å². The number of hydrogen-bond donors (Lipinski definition) is 2. The molecule has 1 aromatic carbocycles. The second-order valence-electron chi connectivity index (χ2n) is 4.22. The largest absolute Gasteiger partial charge is 0.412 e. The average molecular weight is 234 g/mol. The monoisotopic (exact) mass is 234 g/mol. The maximum absolute atomic E-state index is 11.6. The molecule has 1 unspecified atom stereocenters. The second kappa shape index (κ2) is 5.68. The number of nitrogens with one attached hydrogen (secondary N) is 2. The molecule has 0 radical (unpaired) electrons. The summed E-state index contributed by atoms with van der Waals surface area (Å²) in [5.74, 6) is 0.589. The summed E-state index contributed by atoms with van der Waals surface area (Å²) in [7, 11) is 0. The van der Waals surface area contributed by atoms with Crippen molar-refractivity contribution < 1.29 is 9.53 Å². The van der Waals surface area contributed by atoms with Gasteiger partial charge < -0.3 is 15.4 Å². The van der Waals surface area contributed by atoms with Crippen molar-refractivity contribution in [1.29, 1.82) is 0 Å². The van der Waals surface area contributed by atoms with E-state index in [0.717, 1.165) is 25.9 Å². The SMILES string of the molecule is CCc1ccc(OC(=O)NC2CCNC2)cc1. The molecule has 1 saturated heterocycles. The number of carbonyl (C=O) groups excluding carboxylic acids is 1. The van der Waals surface area contributed by atoms with Gasteiger partial charge in [0.05, 0.1) is 0 Å². The van der Waals surface area contributed by atoms with Crippen LogP contribution in [0.1, 0.15) is 18.9 Å². The number of carbonyl (C=O) groups is 1. The zero-order valence-corrected chi connectivity index (χ0v) is 10.0. The van der Waals surface area contributed by atoms with Crippen LogP contribution in [0.4, 0.5) is 4.79 Å². The van der Waals surface area contributed by atoms with Crippen molar-refractivity contribution in [3.63, 3.8) is 0 Å². The number of benzene rings is 1. The highest BCUT2D eigenvalue weighted by molar-refractivity contribution is 5.70. The standard InChI is InChI=1S/C13H18N2O2/c1-2-10-3-5-12(6-4-10)17-13(16)15-11-7-8-14-9-11/h3-6,11,14H,2,7-9H2,1H3,(H,15,16). The molecule has 1 aliphatic heterocycles. The van der Waals surface area contributed by atoms with Gasteiger partial charge in [-0.2, -0.15) is 0 Å². The minimum atomic E-state index is -0.372. The molecule has 4 heteroatoms. The summed E-state index contributed by atoms with van der Waals surface area (Å²) < 4.78 is 5.20. The first-order valence-corrected chi connectivity index (χ1v) is 6.06. The fourth-order valence-electron chi connectivity index (χ4n) is 1.87. The Kier molecular flexibility index (Phi) is 3.98. The van der Waals surface area contributed by atoms with E-state index >= 15 is 0 Å². The van der Waals surface area contributed by atoms with E-state index in [1.807, 2.05) is 24.3 Å². The highest BCUT2D eigenvalue weighted by Gasteiger charge is 2.17. The second-order valence-corrected chi connectivity index (χ2v) is 4.22. The van der Waals surface area contributed by atoms with Gasteiger partial charge in [-0.3, -0.25) is 0 Å². The summed E-state index contributed by atoms with van der Waals surface area (Å²) in [4.78, 5) is 11.6. The van der Waals surface area contributed by atoms with Crippen molar-refractivity contribution in [3.05, 3.63) is 29.8 Å². The molecule has 2 rings (SSSR count). The summed E-state index contributed by atoms with van der Waals surface area (Å²) in [5, 5.41) is 6.02. The molecule has 1 aliphatic rings. The molecule has 92 valence electrons. The Labute approximate surface area is 101 Å². The third kappa shape index (κ3) is 3.46. The first kappa shape index (κ1) is 11.9. The highest BCUT2D eigenvalue weighted by Crippen LogP contribution is 2.12. The Bertz CT molecular complexity index is 370. The van der Waals surface area contributed by atoms with E-state index in [9.17, 15) is 4.79 Å². The Morgan fingerprint density at radius 2 is 2.24 bits per heavy atom. The van der Waals surface area contributed by atoms with Crippen LogP contribution in [0, 0.1) is 0 Å². The zero-order chi connectivity index (χ0) is 12.1. The van der Waals surface area contributed by atoms with E-state index in [-0.39, 0.29) is 12.1 Å². The molecule has 1 heterocycles. The van der Waals surface area contributed by atoms with E-state index in [4.69, 9.17) is 4.74 Å². The predicted octanol–water partition coefficient (Wildman–Crippen LogP) is 1.70. The quantitative estimate of drug-likeness (QED) is 0.837. The number of aryl methyl sites for hydroxylation is 1. The summed E-state index contributed by atoms with van der Waals surface area (Å²) in [5.41, 5.74) is 1.23. The van der Waals surface area contributed by atoms with Crippen molar-refractivity contribution in [2.45, 2.75) is 25.8 Å². The lowest BCUT2D eigenvalue weighted by Crippen LogP contribution is -2.38. The van der Waals surface area contributed by atoms with E-state index < -0.39 is 0 Å². The van der Waals surface area contributed by atoms with Crippen LogP contribution < -0.4 is 15.4 Å². The van der Waals surface area contributed by atoms with Gasteiger partial charge in [0.15, 0.2) is 0 Å². The zero-order valence-electron chi connectivity index (χ0n) is 10.0. The molecule has 17 heavy (non-hydrogen) atoms. The van der Waals surface area contributed by atoms with Crippen molar-refractivity contribution in [3.8, 4) is 5.75 Å². The van der Waals surface area contributed by atoms with Gasteiger partial charge in [0.1, 0.15) is 5.75 Å². The number of hydrogen-bond acceptors (Lipinski definition) is 3. The van der Waals surface area contributed by atoms with Gasteiger partial charge in [-0.25, -0.2) is 4.79 Å². The molecule has 1 aromatic rings. The number of rotatable bonds is 3. The summed E-state index contributed by atoms with van der Waals surface area (Å²) in [6.45, 7) is 3.87. The third-order valence-electron chi connectivity index (χ3n) is 2.92. The van der Waals surface area contributed by atoms with E-state index in [2.05, 4.69) is 17.6 Å². The molecular formula is C13H18N2O2. The van der Waals surface area contributed by atoms with Crippen LogP contribution in [0.15, 0.2) is 24.3 Å². The first-order chi connectivity index (χ1) is 8.28. The van der Waals surface area contributed by atoms with Crippen LogP contribution in [0.25, 0.3) is 0 Å². The van der Waals surface area contributed by atoms with Crippen molar-refractivity contribution in [1.82, 2.24) is 10.6 Å². The number of amides is 1. The van der Waals surface area contributed by atoms with E-state index in [0.29, 0.717) is 5.75 Å². The molecule has 0 spiro atoms. The highest BCUT2D eigenvalue weighted by atomic mass is 16.6. The molecule has 4 nitrogen and oxygen atoms in total. The fourth-order valence-corrected chi connectivity index (χ4v) is 1.87. The van der Waals surface area contributed by atoms with Gasteiger partial charge in [0, 0.05) is 12.6 Å². The molecule has 0 aliphatic carbocycles. The first-order valence-electron chi connectivity index (χ1n) is 6.06. The maximum Gasteiger partial charge on any atom is 0.412 e. The summed E-state index contributed by atoms with van der Waals surface area (Å²) in [6, 6.07) is 7.79. The van der Waals surface area contributed by atoms with Crippen molar-refractivity contribution in [2.24, 2.45) is 0 Å². The molecular weight excluding hydrogens is 216 g/mol. The van der Waals surface area contributed by atoms with Gasteiger partial charge >= 0.3 is 6.09 Å². The van der Waals surface area contributed by atoms with Gasteiger partial charge in [-0.05, 0) is 37.1 Å². The molecule has 0 saturated carbocycles. The summed E-state index contributed by atoms with van der Waals surface area (Å²) >= 11 is 0. The van der Waals surface area contributed by atoms with Gasteiger partial charge in [-0.1, -0.05) is 19.1 Å². The molecule has 0 bridgehead atoms. The van der Waals surface area contributed by atoms with Crippen LogP contribution in [0.5, 0.6) is 5.75 Å². The van der Waals surface area contributed by atoms with E-state index in [1.165, 1.54) is 5.56 Å². The van der Waals surface area contributed by atoms with E-state index in [1.54, 1.807) is 0 Å². The minimum Gasteiger partial charge on any atom is -0.410 e. The van der Waals surface area contributed by atoms with Crippen LogP contribution in [-0.2, 0) is 6.42 Å². The lowest BCUT2D eigenvalue weighted by Gasteiger charge is -2.11. The van der Waals surface area contributed by atoms with Gasteiger partial charge in [0.2, 0.25) is 0 Å². The lowest BCUT2D eigenvalue weighted by atomic mass is 10.2. The average Bonchev–Trinajstić information content (AvgIpc) is 2.82. The normalized spacial score (nSPS) is 19.0. The van der Waals surface area contributed by atoms with Crippen molar-refractivity contribution >= 4 is 6.09 Å². The van der Waals surface area contributed by atoms with Crippen LogP contribution in [0.2, 0.25) is 0 Å². The predicted molar refractivity (Wildman–Crippen MR) is 66.3 cm³/mol. The smallest absolute Gasteiger partial charge is 0.410 e. The van der Waals surface area contributed by atoms with Crippen LogP contribution in [-0.4, -0.2) is 25.2 Å². The minimum absolute atomic E-state index is 0.192. The Balaban J connectivity index is 1.84. The third-order valence-corrected chi connectivity index (χ3v) is 2.92. The van der Waals surface area contributed by atoms with Crippen LogP contribution in [0.3, 0.4) is 0 Å². The molecule has 2 N–H and O–H groups in total. The topological polar surface area (TPSA) is 50.4 Å².